The van der Waals surface area contributed by atoms with Gasteiger partial charge in [0, 0.05) is 29.7 Å². The van der Waals surface area contributed by atoms with Gasteiger partial charge in [0.25, 0.3) is 5.91 Å². The number of hydrogen-bond acceptors (Lipinski definition) is 3. The molecule has 0 spiro atoms. The lowest BCUT2D eigenvalue weighted by Crippen LogP contribution is -2.52. The Hall–Kier alpha value is -1.30. The minimum atomic E-state index is -0.118. The van der Waals surface area contributed by atoms with E-state index >= 15 is 0 Å². The van der Waals surface area contributed by atoms with Gasteiger partial charge in [-0.3, -0.25) is 9.59 Å². The Morgan fingerprint density at radius 2 is 1.96 bits per heavy atom. The van der Waals surface area contributed by atoms with Crippen LogP contribution in [0.25, 0.3) is 0 Å². The molecule has 3 rings (SSSR count). The minimum Gasteiger partial charge on any atom is -0.353 e. The van der Waals surface area contributed by atoms with Crippen molar-refractivity contribution in [2.75, 3.05) is 26.2 Å². The van der Waals surface area contributed by atoms with Crippen LogP contribution in [0, 0.1) is 11.8 Å². The van der Waals surface area contributed by atoms with Gasteiger partial charge in [-0.05, 0) is 62.5 Å². The maximum absolute atomic E-state index is 12.7. The van der Waals surface area contributed by atoms with E-state index in [1.807, 2.05) is 0 Å². The lowest BCUT2D eigenvalue weighted by atomic mass is 9.92. The average Bonchev–Trinajstić information content (AvgIpc) is 2.64. The molecular weight excluding hydrogens is 373 g/mol. The van der Waals surface area contributed by atoms with Crippen LogP contribution in [0.5, 0.6) is 0 Å². The van der Waals surface area contributed by atoms with E-state index in [-0.39, 0.29) is 36.2 Å². The molecular formula is C19H27Cl2N3O2. The van der Waals surface area contributed by atoms with Crippen molar-refractivity contribution in [3.8, 4) is 0 Å². The first-order valence-electron chi connectivity index (χ1n) is 9.10. The number of hydrogen-bond donors (Lipinski definition) is 2. The van der Waals surface area contributed by atoms with Crippen molar-refractivity contribution < 1.29 is 9.59 Å². The monoisotopic (exact) mass is 399 g/mol. The van der Waals surface area contributed by atoms with Gasteiger partial charge < -0.3 is 15.5 Å². The Kier molecular flexibility index (Phi) is 7.74. The number of carbonyl (C=O) groups is 2. The van der Waals surface area contributed by atoms with E-state index < -0.39 is 0 Å². The molecule has 144 valence electrons. The number of carbonyl (C=O) groups excluding carboxylic acids is 2. The van der Waals surface area contributed by atoms with Crippen molar-refractivity contribution in [2.45, 2.75) is 32.2 Å². The lowest BCUT2D eigenvalue weighted by Gasteiger charge is -2.35. The van der Waals surface area contributed by atoms with E-state index in [0.717, 1.165) is 32.4 Å². The number of rotatable bonds is 3. The average molecular weight is 400 g/mol. The second-order valence-corrected chi connectivity index (χ2v) is 7.62. The molecule has 3 unspecified atom stereocenters. The molecule has 1 aromatic rings. The second kappa shape index (κ2) is 9.58. The first-order valence-corrected chi connectivity index (χ1v) is 9.48. The molecule has 26 heavy (non-hydrogen) atoms. The Balaban J connectivity index is 0.00000243. The molecule has 0 saturated carbocycles. The number of piperidine rings is 2. The molecule has 1 aromatic carbocycles. The summed E-state index contributed by atoms with van der Waals surface area (Å²) in [5.74, 6) is 0.386. The van der Waals surface area contributed by atoms with Crippen molar-refractivity contribution >= 4 is 35.8 Å². The van der Waals surface area contributed by atoms with Gasteiger partial charge in [-0.2, -0.15) is 0 Å². The van der Waals surface area contributed by atoms with Crippen LogP contribution >= 0.6 is 24.0 Å². The van der Waals surface area contributed by atoms with Crippen LogP contribution in [-0.4, -0.2) is 48.9 Å². The number of halogens is 2. The van der Waals surface area contributed by atoms with Gasteiger partial charge in [0.15, 0.2) is 0 Å². The number of amides is 2. The minimum absolute atomic E-state index is 0. The summed E-state index contributed by atoms with van der Waals surface area (Å²) in [6.07, 6.45) is 2.67. The maximum atomic E-state index is 12.7. The lowest BCUT2D eigenvalue weighted by molar-refractivity contribution is -0.127. The van der Waals surface area contributed by atoms with Gasteiger partial charge in [-0.15, -0.1) is 12.4 Å². The molecule has 0 aliphatic carbocycles. The Morgan fingerprint density at radius 1 is 1.23 bits per heavy atom. The van der Waals surface area contributed by atoms with E-state index in [4.69, 9.17) is 11.6 Å². The SMILES string of the molecule is CC1CNCCC1NC(=O)C1CCCN(C(=O)c2ccc(Cl)cc2)C1.Cl. The molecule has 0 radical (unpaired) electrons. The molecule has 2 aliphatic heterocycles. The zero-order chi connectivity index (χ0) is 17.8. The van der Waals surface area contributed by atoms with Gasteiger partial charge in [-0.25, -0.2) is 0 Å². The van der Waals surface area contributed by atoms with Crippen LogP contribution in [0.4, 0.5) is 0 Å². The molecule has 2 amide bonds. The molecule has 7 heteroatoms. The van der Waals surface area contributed by atoms with Crippen molar-refractivity contribution in [2.24, 2.45) is 11.8 Å². The highest BCUT2D eigenvalue weighted by atomic mass is 35.5. The zero-order valence-corrected chi connectivity index (χ0v) is 16.6. The first kappa shape index (κ1) is 21.0. The second-order valence-electron chi connectivity index (χ2n) is 7.18. The molecule has 0 aromatic heterocycles. The Bertz CT molecular complexity index is 624. The van der Waals surface area contributed by atoms with Crippen molar-refractivity contribution in [1.82, 2.24) is 15.5 Å². The van der Waals surface area contributed by atoms with Crippen molar-refractivity contribution in [3.63, 3.8) is 0 Å². The number of nitrogens with zero attached hydrogens (tertiary/aromatic N) is 1. The standard InChI is InChI=1S/C19H26ClN3O2.ClH/c1-13-11-21-9-8-17(13)22-18(24)15-3-2-10-23(12-15)19(25)14-4-6-16(20)7-5-14;/h4-7,13,15,17,21H,2-3,8-12H2,1H3,(H,22,24);1H. The van der Waals surface area contributed by atoms with Gasteiger partial charge in [-0.1, -0.05) is 18.5 Å². The van der Waals surface area contributed by atoms with E-state index in [1.165, 1.54) is 0 Å². The van der Waals surface area contributed by atoms with Crippen LogP contribution in [-0.2, 0) is 4.79 Å². The third kappa shape index (κ3) is 5.12. The molecule has 2 heterocycles. The third-order valence-electron chi connectivity index (χ3n) is 5.28. The summed E-state index contributed by atoms with van der Waals surface area (Å²) >= 11 is 5.89. The van der Waals surface area contributed by atoms with Gasteiger partial charge in [0.1, 0.15) is 0 Å². The molecule has 5 nitrogen and oxygen atoms in total. The number of benzene rings is 1. The van der Waals surface area contributed by atoms with Gasteiger partial charge >= 0.3 is 0 Å². The van der Waals surface area contributed by atoms with Crippen LogP contribution in [0.15, 0.2) is 24.3 Å². The summed E-state index contributed by atoms with van der Waals surface area (Å²) in [5, 5.41) is 7.17. The van der Waals surface area contributed by atoms with Crippen molar-refractivity contribution in [3.05, 3.63) is 34.9 Å². The van der Waals surface area contributed by atoms with Crippen LogP contribution in [0.3, 0.4) is 0 Å². The van der Waals surface area contributed by atoms with Crippen LogP contribution < -0.4 is 10.6 Å². The number of nitrogens with one attached hydrogen (secondary N) is 2. The summed E-state index contributed by atoms with van der Waals surface area (Å²) in [6.45, 7) is 5.24. The highest BCUT2D eigenvalue weighted by molar-refractivity contribution is 6.30. The van der Waals surface area contributed by atoms with Crippen LogP contribution in [0.2, 0.25) is 5.02 Å². The Labute approximate surface area is 166 Å². The molecule has 2 saturated heterocycles. The largest absolute Gasteiger partial charge is 0.353 e. The smallest absolute Gasteiger partial charge is 0.253 e. The summed E-state index contributed by atoms with van der Waals surface area (Å²) in [4.78, 5) is 27.1. The molecule has 2 aliphatic rings. The van der Waals surface area contributed by atoms with Gasteiger partial charge in [0.2, 0.25) is 5.91 Å². The Morgan fingerprint density at radius 3 is 2.65 bits per heavy atom. The normalized spacial score (nSPS) is 25.9. The van der Waals surface area contributed by atoms with Gasteiger partial charge in [0.05, 0.1) is 5.92 Å². The molecule has 2 fully saturated rings. The predicted molar refractivity (Wildman–Crippen MR) is 106 cm³/mol. The first-order chi connectivity index (χ1) is 12.0. The molecule has 2 N–H and O–H groups in total. The fraction of sp³-hybridized carbons (Fsp3) is 0.579. The van der Waals surface area contributed by atoms with Crippen LogP contribution in [0.1, 0.15) is 36.5 Å². The molecule has 3 atom stereocenters. The summed E-state index contributed by atoms with van der Waals surface area (Å²) in [6, 6.07) is 7.16. The van der Waals surface area contributed by atoms with E-state index in [9.17, 15) is 9.59 Å². The highest BCUT2D eigenvalue weighted by Gasteiger charge is 2.31. The summed E-state index contributed by atoms with van der Waals surface area (Å²) < 4.78 is 0. The van der Waals surface area contributed by atoms with E-state index in [0.29, 0.717) is 29.6 Å². The van der Waals surface area contributed by atoms with E-state index in [1.54, 1.807) is 29.2 Å². The summed E-state index contributed by atoms with van der Waals surface area (Å²) in [7, 11) is 0. The molecule has 0 bridgehead atoms. The number of likely N-dealkylation sites (tertiary alicyclic amines) is 1. The maximum Gasteiger partial charge on any atom is 0.253 e. The quantitative estimate of drug-likeness (QED) is 0.820. The predicted octanol–water partition coefficient (Wildman–Crippen LogP) is 2.73. The zero-order valence-electron chi connectivity index (χ0n) is 15.0. The topological polar surface area (TPSA) is 61.4 Å². The summed E-state index contributed by atoms with van der Waals surface area (Å²) in [5.41, 5.74) is 0.623. The van der Waals surface area contributed by atoms with E-state index in [2.05, 4.69) is 17.6 Å². The highest BCUT2D eigenvalue weighted by Crippen LogP contribution is 2.21. The fourth-order valence-corrected chi connectivity index (χ4v) is 3.81. The fourth-order valence-electron chi connectivity index (χ4n) is 3.68. The van der Waals surface area contributed by atoms with Crippen molar-refractivity contribution in [1.29, 1.82) is 0 Å². The third-order valence-corrected chi connectivity index (χ3v) is 5.54.